The maximum atomic E-state index is 13.3. The predicted octanol–water partition coefficient (Wildman–Crippen LogP) is 8.26. The Morgan fingerprint density at radius 1 is 0.949 bits per heavy atom. The van der Waals surface area contributed by atoms with Gasteiger partial charge in [-0.2, -0.15) is 8.42 Å². The molecule has 4 N–H and O–H groups in total. The van der Waals surface area contributed by atoms with Gasteiger partial charge in [0.1, 0.15) is 30.0 Å². The molecule has 12 nitrogen and oxygen atoms in total. The molecule has 0 bridgehead atoms. The molecule has 13 heteroatoms. The van der Waals surface area contributed by atoms with Crippen LogP contribution >= 0.6 is 0 Å². The maximum absolute atomic E-state index is 13.3. The van der Waals surface area contributed by atoms with E-state index in [1.54, 1.807) is 13.8 Å². The summed E-state index contributed by atoms with van der Waals surface area (Å²) in [6.45, 7) is 12.1. The average Bonchev–Trinajstić information content (AvgIpc) is 3.87. The number of hydrogen-bond donors (Lipinski definition) is 4. The first-order chi connectivity index (χ1) is 27.8. The third kappa shape index (κ3) is 11.4. The van der Waals surface area contributed by atoms with Crippen molar-refractivity contribution in [1.82, 2.24) is 0 Å². The second-order valence-electron chi connectivity index (χ2n) is 19.7. The number of unbranched alkanes of at least 4 members (excludes halogenated alkanes) is 12. The topological polar surface area (TPSA) is 189 Å². The Balaban J connectivity index is 1.24. The van der Waals surface area contributed by atoms with Crippen LogP contribution in [0.15, 0.2) is 22.8 Å². The number of aliphatic hydroxyl groups excluding tert-OH is 2. The molecule has 1 saturated carbocycles. The molecule has 0 amide bonds. The summed E-state index contributed by atoms with van der Waals surface area (Å²) in [5.74, 6) is -0.897. The van der Waals surface area contributed by atoms with Gasteiger partial charge in [0.15, 0.2) is 0 Å². The average molecular weight is 853 g/mol. The molecular weight excluding hydrogens is 777 g/mol. The van der Waals surface area contributed by atoms with Gasteiger partial charge in [-0.1, -0.05) is 97.5 Å². The molecule has 0 spiro atoms. The number of hydrogen-bond acceptors (Lipinski definition) is 11. The number of allylic oxidation sites excluding steroid dienone is 2. The number of epoxide rings is 1. The van der Waals surface area contributed by atoms with Gasteiger partial charge in [-0.3, -0.25) is 14.1 Å². The van der Waals surface area contributed by atoms with E-state index in [1.807, 2.05) is 6.92 Å². The molecule has 338 valence electrons. The van der Waals surface area contributed by atoms with E-state index < -0.39 is 68.8 Å². The predicted molar refractivity (Wildman–Crippen MR) is 224 cm³/mol. The van der Waals surface area contributed by atoms with E-state index in [0.717, 1.165) is 61.7 Å². The summed E-state index contributed by atoms with van der Waals surface area (Å²) in [6.07, 6.45) is 16.5. The quantitative estimate of drug-likeness (QED) is 0.0315. The normalized spacial score (nSPS) is 33.4. The summed E-state index contributed by atoms with van der Waals surface area (Å²) in [7, 11) is -4.85. The Hall–Kier alpha value is -1.87. The first-order valence-electron chi connectivity index (χ1n) is 22.9. The van der Waals surface area contributed by atoms with Crippen molar-refractivity contribution in [3.8, 4) is 0 Å². The van der Waals surface area contributed by atoms with Crippen LogP contribution in [0, 0.1) is 28.6 Å². The summed E-state index contributed by atoms with van der Waals surface area (Å²) < 4.78 is 57.1. The van der Waals surface area contributed by atoms with Gasteiger partial charge < -0.3 is 29.5 Å². The SMILES string of the molecule is CC(=O)OC1C(O)C2=C(CCC3CC(OS(=O)(=O)O)C(OC(=O)CCCCCCCCCCCCCCCO)CC23C)C2=CCC(C(C)CCC3(C(C)(C)O)CO3)C21C. The summed E-state index contributed by atoms with van der Waals surface area (Å²) in [5.41, 5.74) is -0.0841. The van der Waals surface area contributed by atoms with Gasteiger partial charge in [0.2, 0.25) is 0 Å². The molecule has 0 aromatic rings. The van der Waals surface area contributed by atoms with Gasteiger partial charge in [-0.15, -0.1) is 0 Å². The lowest BCUT2D eigenvalue weighted by Gasteiger charge is -2.58. The summed E-state index contributed by atoms with van der Waals surface area (Å²) in [4.78, 5) is 26.1. The largest absolute Gasteiger partial charge is 0.459 e. The third-order valence-electron chi connectivity index (χ3n) is 15.2. The lowest BCUT2D eigenvalue weighted by Crippen LogP contribution is -2.59. The number of esters is 2. The van der Waals surface area contributed by atoms with Crippen LogP contribution in [0.4, 0.5) is 0 Å². The highest BCUT2D eigenvalue weighted by atomic mass is 32.3. The molecule has 59 heavy (non-hydrogen) atoms. The van der Waals surface area contributed by atoms with Crippen LogP contribution in [0.5, 0.6) is 0 Å². The Labute approximate surface area is 354 Å². The van der Waals surface area contributed by atoms with Crippen LogP contribution in [0.2, 0.25) is 0 Å². The summed E-state index contributed by atoms with van der Waals surface area (Å²) in [5, 5.41) is 32.2. The first kappa shape index (κ1) is 48.2. The maximum Gasteiger partial charge on any atom is 0.397 e. The van der Waals surface area contributed by atoms with E-state index in [9.17, 15) is 32.8 Å². The van der Waals surface area contributed by atoms with Gasteiger partial charge in [-0.05, 0) is 112 Å². The van der Waals surface area contributed by atoms with Crippen molar-refractivity contribution >= 4 is 22.3 Å². The fraction of sp³-hybridized carbons (Fsp3) is 0.870. The van der Waals surface area contributed by atoms with Gasteiger partial charge in [-0.25, -0.2) is 4.18 Å². The zero-order chi connectivity index (χ0) is 43.2. The van der Waals surface area contributed by atoms with E-state index in [-0.39, 0.29) is 43.6 Å². The number of fused-ring (bicyclic) bond motifs is 4. The molecule has 0 aromatic heterocycles. The molecule has 0 aromatic carbocycles. The van der Waals surface area contributed by atoms with Crippen molar-refractivity contribution in [1.29, 1.82) is 0 Å². The fourth-order valence-corrected chi connectivity index (χ4v) is 12.2. The van der Waals surface area contributed by atoms with E-state index in [2.05, 4.69) is 19.9 Å². The Kier molecular flexibility index (Phi) is 16.4. The third-order valence-corrected chi connectivity index (χ3v) is 15.7. The van der Waals surface area contributed by atoms with Crippen LogP contribution in [0.3, 0.4) is 0 Å². The molecule has 1 aliphatic heterocycles. The second-order valence-corrected chi connectivity index (χ2v) is 20.8. The van der Waals surface area contributed by atoms with E-state index in [4.69, 9.17) is 23.5 Å². The molecule has 1 heterocycles. The summed E-state index contributed by atoms with van der Waals surface area (Å²) in [6, 6.07) is 0. The van der Waals surface area contributed by atoms with Crippen LogP contribution in [-0.4, -0.2) is 89.1 Å². The van der Waals surface area contributed by atoms with Crippen LogP contribution in [0.25, 0.3) is 0 Å². The van der Waals surface area contributed by atoms with Crippen molar-refractivity contribution in [2.24, 2.45) is 28.6 Å². The van der Waals surface area contributed by atoms with Gasteiger partial charge in [0.25, 0.3) is 0 Å². The highest BCUT2D eigenvalue weighted by Crippen LogP contribution is 2.65. The molecule has 4 aliphatic carbocycles. The van der Waals surface area contributed by atoms with Crippen molar-refractivity contribution in [3.63, 3.8) is 0 Å². The molecule has 0 radical (unpaired) electrons. The second kappa shape index (κ2) is 20.1. The molecule has 10 atom stereocenters. The van der Waals surface area contributed by atoms with Gasteiger partial charge >= 0.3 is 22.3 Å². The fourth-order valence-electron chi connectivity index (χ4n) is 11.6. The molecule has 5 rings (SSSR count). The number of ether oxygens (including phenoxy) is 3. The lowest BCUT2D eigenvalue weighted by atomic mass is 9.49. The Morgan fingerprint density at radius 2 is 1.53 bits per heavy atom. The molecule has 1 saturated heterocycles. The van der Waals surface area contributed by atoms with Crippen molar-refractivity contribution in [3.05, 3.63) is 22.8 Å². The number of carbonyl (C=O) groups excluding carboxylic acids is 2. The summed E-state index contributed by atoms with van der Waals surface area (Å²) >= 11 is 0. The number of rotatable bonds is 24. The number of aliphatic hydroxyl groups is 3. The van der Waals surface area contributed by atoms with Crippen LogP contribution in [0.1, 0.15) is 176 Å². The van der Waals surface area contributed by atoms with E-state index in [1.165, 1.54) is 51.9 Å². The van der Waals surface area contributed by atoms with Crippen molar-refractivity contribution < 1.29 is 56.3 Å². The lowest BCUT2D eigenvalue weighted by molar-refractivity contribution is -0.171. The van der Waals surface area contributed by atoms with E-state index >= 15 is 0 Å². The monoisotopic (exact) mass is 853 g/mol. The van der Waals surface area contributed by atoms with Crippen molar-refractivity contribution in [2.45, 2.75) is 212 Å². The van der Waals surface area contributed by atoms with Crippen molar-refractivity contribution in [2.75, 3.05) is 13.2 Å². The molecular formula is C46H76O12S. The van der Waals surface area contributed by atoms with Crippen LogP contribution in [-0.2, 0) is 38.4 Å². The minimum atomic E-state index is -4.85. The highest BCUT2D eigenvalue weighted by molar-refractivity contribution is 7.80. The highest BCUT2D eigenvalue weighted by Gasteiger charge is 2.63. The Morgan fingerprint density at radius 3 is 2.05 bits per heavy atom. The Bertz CT molecular complexity index is 1610. The first-order valence-corrected chi connectivity index (χ1v) is 24.3. The number of carbonyl (C=O) groups is 2. The zero-order valence-corrected chi connectivity index (χ0v) is 37.7. The van der Waals surface area contributed by atoms with Gasteiger partial charge in [0, 0.05) is 25.4 Å². The minimum absolute atomic E-state index is 0.0461. The smallest absolute Gasteiger partial charge is 0.397 e. The standard InChI is InChI=1S/C46H76O12S/c1-31(25-26-46(30-55-46)43(3,4)51)35-23-24-36-34-22-21-33-28-37(58-59(52,53)54)38(29-44(33,5)40(34)41(50)42(45(35,36)6)56-32(2)48)57-39(49)20-18-16-14-12-10-8-7-9-11-13-15-17-19-27-47/h24,31,33,35,37-38,41-42,47,50-51H,7-23,25-30H2,1-6H3,(H,52,53,54). The van der Waals surface area contributed by atoms with Gasteiger partial charge in [0.05, 0.1) is 12.2 Å². The molecule has 10 unspecified atom stereocenters. The van der Waals surface area contributed by atoms with E-state index in [0.29, 0.717) is 32.3 Å². The zero-order valence-electron chi connectivity index (χ0n) is 36.8. The van der Waals surface area contributed by atoms with Crippen LogP contribution < -0.4 is 0 Å². The minimum Gasteiger partial charge on any atom is -0.459 e. The molecule has 5 aliphatic rings. The molecule has 2 fully saturated rings.